The van der Waals surface area contributed by atoms with E-state index in [1.165, 1.54) is 11.1 Å². The molecule has 90 valence electrons. The highest BCUT2D eigenvalue weighted by atomic mass is 14.9. The maximum atomic E-state index is 4.09. The zero-order valence-corrected chi connectivity index (χ0v) is 10.4. The minimum Gasteiger partial charge on any atom is -0.388 e. The molecule has 0 aromatic heterocycles. The Hall–Kier alpha value is -2.02. The number of hydrogen-bond donors (Lipinski definition) is 1. The van der Waals surface area contributed by atoms with E-state index < -0.39 is 0 Å². The average Bonchev–Trinajstić information content (AvgIpc) is 2.84. The summed E-state index contributed by atoms with van der Waals surface area (Å²) in [6, 6.07) is 21.4. The molecule has 0 amide bonds. The number of allylic oxidation sites excluding steroid dienone is 1. The van der Waals surface area contributed by atoms with Gasteiger partial charge in [0.05, 0.1) is 0 Å². The fraction of sp³-hybridized carbons (Fsp3) is 0.176. The summed E-state index contributed by atoms with van der Waals surface area (Å²) in [4.78, 5) is 0. The van der Waals surface area contributed by atoms with Crippen LogP contribution in [-0.4, -0.2) is 6.54 Å². The Morgan fingerprint density at radius 2 is 1.33 bits per heavy atom. The van der Waals surface area contributed by atoms with Crippen LogP contribution in [0.2, 0.25) is 0 Å². The monoisotopic (exact) mass is 235 g/mol. The van der Waals surface area contributed by atoms with Crippen LogP contribution in [0.25, 0.3) is 0 Å². The number of benzene rings is 2. The van der Waals surface area contributed by atoms with E-state index >= 15 is 0 Å². The molecule has 0 radical (unpaired) electrons. The highest BCUT2D eigenvalue weighted by Crippen LogP contribution is 2.40. The van der Waals surface area contributed by atoms with Gasteiger partial charge in [0.1, 0.15) is 0 Å². The van der Waals surface area contributed by atoms with E-state index in [0.717, 1.165) is 18.7 Å². The first-order valence-corrected chi connectivity index (χ1v) is 6.34. The third kappa shape index (κ3) is 1.72. The second kappa shape index (κ2) is 4.34. The van der Waals surface area contributed by atoms with Gasteiger partial charge in [-0.05, 0) is 11.1 Å². The van der Waals surface area contributed by atoms with E-state index in [9.17, 15) is 0 Å². The van der Waals surface area contributed by atoms with Crippen molar-refractivity contribution in [2.24, 2.45) is 0 Å². The molecule has 1 heterocycles. The van der Waals surface area contributed by atoms with Crippen LogP contribution in [-0.2, 0) is 5.41 Å². The molecular weight excluding hydrogens is 218 g/mol. The summed E-state index contributed by atoms with van der Waals surface area (Å²) in [7, 11) is 0. The first kappa shape index (κ1) is 11.1. The van der Waals surface area contributed by atoms with Crippen molar-refractivity contribution >= 4 is 0 Å². The fourth-order valence-corrected chi connectivity index (χ4v) is 2.85. The second-order valence-corrected chi connectivity index (χ2v) is 4.95. The van der Waals surface area contributed by atoms with Gasteiger partial charge in [0.25, 0.3) is 0 Å². The van der Waals surface area contributed by atoms with Crippen molar-refractivity contribution in [3.05, 3.63) is 84.1 Å². The highest BCUT2D eigenvalue weighted by Gasteiger charge is 2.38. The second-order valence-electron chi connectivity index (χ2n) is 4.95. The van der Waals surface area contributed by atoms with Gasteiger partial charge in [-0.3, -0.25) is 0 Å². The zero-order chi connectivity index (χ0) is 12.4. The molecule has 1 aliphatic heterocycles. The molecule has 1 nitrogen and oxygen atoms in total. The summed E-state index contributed by atoms with van der Waals surface area (Å²) >= 11 is 0. The molecule has 2 aromatic carbocycles. The molecule has 1 aliphatic rings. The van der Waals surface area contributed by atoms with Crippen LogP contribution in [0.5, 0.6) is 0 Å². The normalized spacial score (nSPS) is 17.4. The lowest BCUT2D eigenvalue weighted by Gasteiger charge is -2.29. The van der Waals surface area contributed by atoms with Crippen LogP contribution in [0.4, 0.5) is 0 Å². The van der Waals surface area contributed by atoms with Gasteiger partial charge >= 0.3 is 0 Å². The molecule has 3 rings (SSSR count). The van der Waals surface area contributed by atoms with Gasteiger partial charge in [-0.15, -0.1) is 0 Å². The molecule has 1 fully saturated rings. The van der Waals surface area contributed by atoms with E-state index in [0.29, 0.717) is 0 Å². The molecular formula is C17H17N. The zero-order valence-electron chi connectivity index (χ0n) is 10.4. The van der Waals surface area contributed by atoms with Crippen LogP contribution in [0, 0.1) is 0 Å². The third-order valence-corrected chi connectivity index (χ3v) is 3.81. The lowest BCUT2D eigenvalue weighted by atomic mass is 9.73. The van der Waals surface area contributed by atoms with E-state index in [1.54, 1.807) is 0 Å². The molecule has 0 bridgehead atoms. The topological polar surface area (TPSA) is 12.0 Å². The summed E-state index contributed by atoms with van der Waals surface area (Å²) in [5.41, 5.74) is 3.90. The van der Waals surface area contributed by atoms with Crippen LogP contribution in [0.15, 0.2) is 72.9 Å². The quantitative estimate of drug-likeness (QED) is 0.840. The van der Waals surface area contributed by atoms with Gasteiger partial charge in [-0.2, -0.15) is 0 Å². The molecule has 0 unspecified atom stereocenters. The smallest absolute Gasteiger partial charge is 0.0429 e. The van der Waals surface area contributed by atoms with Crippen LogP contribution in [0.1, 0.15) is 17.5 Å². The Kier molecular flexibility index (Phi) is 2.67. The minimum atomic E-state index is 0.0413. The van der Waals surface area contributed by atoms with Crippen LogP contribution < -0.4 is 5.32 Å². The van der Waals surface area contributed by atoms with Crippen LogP contribution >= 0.6 is 0 Å². The summed E-state index contributed by atoms with van der Waals surface area (Å²) in [5, 5.41) is 3.41. The Morgan fingerprint density at radius 1 is 0.833 bits per heavy atom. The Balaban J connectivity index is 2.14. The van der Waals surface area contributed by atoms with Gasteiger partial charge in [0, 0.05) is 24.1 Å². The molecule has 2 aromatic rings. The van der Waals surface area contributed by atoms with Gasteiger partial charge < -0.3 is 5.32 Å². The minimum absolute atomic E-state index is 0.0413. The van der Waals surface area contributed by atoms with Crippen molar-refractivity contribution < 1.29 is 0 Å². The van der Waals surface area contributed by atoms with Crippen molar-refractivity contribution in [3.8, 4) is 0 Å². The van der Waals surface area contributed by atoms with Gasteiger partial charge in [0.2, 0.25) is 0 Å². The molecule has 1 heteroatoms. The number of rotatable bonds is 2. The summed E-state index contributed by atoms with van der Waals surface area (Å²) < 4.78 is 0. The third-order valence-electron chi connectivity index (χ3n) is 3.81. The largest absolute Gasteiger partial charge is 0.388 e. The van der Waals surface area contributed by atoms with Crippen molar-refractivity contribution in [2.75, 3.05) is 6.54 Å². The van der Waals surface area contributed by atoms with E-state index in [1.807, 2.05) is 0 Å². The number of hydrogen-bond acceptors (Lipinski definition) is 1. The van der Waals surface area contributed by atoms with Crippen molar-refractivity contribution in [2.45, 2.75) is 11.8 Å². The SMILES string of the molecule is C=C1CC(c2ccccc2)(c2ccccc2)CN1. The standard InChI is InChI=1S/C17H17N/c1-14-12-17(13-18-14,15-8-4-2-5-9-15)16-10-6-3-7-11-16/h2-11,18H,1,12-13H2. The average molecular weight is 235 g/mol. The Bertz CT molecular complexity index is 503. The lowest BCUT2D eigenvalue weighted by Crippen LogP contribution is -2.30. The Labute approximate surface area is 108 Å². The van der Waals surface area contributed by atoms with E-state index in [4.69, 9.17) is 0 Å². The van der Waals surface area contributed by atoms with Gasteiger partial charge in [-0.1, -0.05) is 67.2 Å². The first-order chi connectivity index (χ1) is 8.81. The highest BCUT2D eigenvalue weighted by molar-refractivity contribution is 5.43. The molecule has 0 spiro atoms. The lowest BCUT2D eigenvalue weighted by molar-refractivity contribution is 0.574. The van der Waals surface area contributed by atoms with Crippen molar-refractivity contribution in [1.29, 1.82) is 0 Å². The predicted molar refractivity (Wildman–Crippen MR) is 75.4 cm³/mol. The fourth-order valence-electron chi connectivity index (χ4n) is 2.85. The van der Waals surface area contributed by atoms with E-state index in [-0.39, 0.29) is 5.41 Å². The van der Waals surface area contributed by atoms with Gasteiger partial charge in [-0.25, -0.2) is 0 Å². The van der Waals surface area contributed by atoms with E-state index in [2.05, 4.69) is 72.6 Å². The number of nitrogens with one attached hydrogen (secondary N) is 1. The first-order valence-electron chi connectivity index (χ1n) is 6.34. The van der Waals surface area contributed by atoms with Crippen molar-refractivity contribution in [1.82, 2.24) is 5.32 Å². The Morgan fingerprint density at radius 3 is 1.72 bits per heavy atom. The summed E-state index contributed by atoms with van der Waals surface area (Å²) in [5.74, 6) is 0. The molecule has 0 atom stereocenters. The summed E-state index contributed by atoms with van der Waals surface area (Å²) in [6.07, 6.45) is 0.973. The molecule has 18 heavy (non-hydrogen) atoms. The molecule has 0 aliphatic carbocycles. The van der Waals surface area contributed by atoms with Crippen LogP contribution in [0.3, 0.4) is 0 Å². The molecule has 1 N–H and O–H groups in total. The maximum Gasteiger partial charge on any atom is 0.0429 e. The summed E-state index contributed by atoms with van der Waals surface area (Å²) in [6.45, 7) is 5.02. The maximum absolute atomic E-state index is 4.09. The van der Waals surface area contributed by atoms with Crippen molar-refractivity contribution in [3.63, 3.8) is 0 Å². The molecule has 1 saturated heterocycles. The molecule has 0 saturated carbocycles. The predicted octanol–water partition coefficient (Wildman–Crippen LogP) is 3.48. The van der Waals surface area contributed by atoms with Gasteiger partial charge in [0.15, 0.2) is 0 Å².